The number of para-hydroxylation sites is 1. The van der Waals surface area contributed by atoms with Gasteiger partial charge in [0.15, 0.2) is 5.65 Å². The van der Waals surface area contributed by atoms with E-state index in [9.17, 15) is 9.90 Å². The average Bonchev–Trinajstić information content (AvgIpc) is 2.69. The van der Waals surface area contributed by atoms with Crippen LogP contribution in [0.1, 0.15) is 25.3 Å². The summed E-state index contributed by atoms with van der Waals surface area (Å²) in [6, 6.07) is 13.0. The first-order valence-electron chi connectivity index (χ1n) is 8.82. The Morgan fingerprint density at radius 3 is 2.38 bits per heavy atom. The number of hydrogen-bond donors (Lipinski definition) is 3. The lowest BCUT2D eigenvalue weighted by molar-refractivity contribution is 0.470. The zero-order valence-corrected chi connectivity index (χ0v) is 15.1. The van der Waals surface area contributed by atoms with Crippen molar-refractivity contribution in [3.8, 4) is 11.4 Å². The fraction of sp³-hybridized carbons (Fsp3) is 0.300. The maximum atomic E-state index is 12.9. The summed E-state index contributed by atoms with van der Waals surface area (Å²) < 4.78 is 1.58. The lowest BCUT2D eigenvalue weighted by atomic mass is 10.1. The number of fused-ring (bicyclic) bond motifs is 1. The third kappa shape index (κ3) is 4.28. The van der Waals surface area contributed by atoms with Crippen molar-refractivity contribution in [1.82, 2.24) is 9.55 Å². The van der Waals surface area contributed by atoms with Gasteiger partial charge in [-0.15, -0.1) is 0 Å². The average molecular weight is 354 g/mol. The summed E-state index contributed by atoms with van der Waals surface area (Å²) in [5.41, 5.74) is 11.3. The van der Waals surface area contributed by atoms with Crippen LogP contribution in [0.4, 0.5) is 0 Å². The number of unbranched alkanes of at least 4 members (excludes halogenated alkanes) is 1. The second-order valence-corrected chi connectivity index (χ2v) is 5.86. The SMILES string of the molecule is CCCCc1c(O)c2cccnc2n(-c2ccccc2)c1=O.NCCN. The molecule has 0 saturated carbocycles. The van der Waals surface area contributed by atoms with Crippen molar-refractivity contribution in [3.05, 3.63) is 64.6 Å². The molecule has 138 valence electrons. The molecule has 0 spiro atoms. The van der Waals surface area contributed by atoms with Crippen molar-refractivity contribution < 1.29 is 5.11 Å². The van der Waals surface area contributed by atoms with Crippen LogP contribution in [0.2, 0.25) is 0 Å². The number of nitrogens with zero attached hydrogens (tertiary/aromatic N) is 2. The second-order valence-electron chi connectivity index (χ2n) is 5.86. The van der Waals surface area contributed by atoms with Gasteiger partial charge in [-0.25, -0.2) is 4.98 Å². The van der Waals surface area contributed by atoms with Crippen LogP contribution in [-0.2, 0) is 6.42 Å². The van der Waals surface area contributed by atoms with E-state index >= 15 is 0 Å². The summed E-state index contributed by atoms with van der Waals surface area (Å²) in [5.74, 6) is 0.0636. The summed E-state index contributed by atoms with van der Waals surface area (Å²) in [6.45, 7) is 3.26. The summed E-state index contributed by atoms with van der Waals surface area (Å²) in [4.78, 5) is 17.2. The van der Waals surface area contributed by atoms with Crippen LogP contribution < -0.4 is 17.0 Å². The van der Waals surface area contributed by atoms with E-state index in [1.807, 2.05) is 30.3 Å². The molecule has 0 radical (unpaired) electrons. The minimum atomic E-state index is -0.191. The van der Waals surface area contributed by atoms with E-state index < -0.39 is 0 Å². The maximum Gasteiger partial charge on any atom is 0.263 e. The molecule has 6 nitrogen and oxygen atoms in total. The fourth-order valence-electron chi connectivity index (χ4n) is 2.65. The minimum absolute atomic E-state index is 0.0636. The predicted octanol–water partition coefficient (Wildman–Crippen LogP) is 2.34. The van der Waals surface area contributed by atoms with Crippen molar-refractivity contribution in [3.63, 3.8) is 0 Å². The lowest BCUT2D eigenvalue weighted by Gasteiger charge is -2.14. The number of benzene rings is 1. The van der Waals surface area contributed by atoms with E-state index in [1.165, 1.54) is 0 Å². The van der Waals surface area contributed by atoms with E-state index in [0.29, 0.717) is 36.1 Å². The molecule has 1 aromatic carbocycles. The summed E-state index contributed by atoms with van der Waals surface area (Å²) in [6.07, 6.45) is 4.03. The molecular formula is C20H26N4O2. The van der Waals surface area contributed by atoms with Crippen LogP contribution in [0.15, 0.2) is 53.5 Å². The molecular weight excluding hydrogens is 328 g/mol. The standard InChI is InChI=1S/C18H18N2O2.C2H8N2/c1-2-3-10-15-16(21)14-11-7-12-19-17(14)20(18(15)22)13-8-5-4-6-9-13;3-1-2-4/h4-9,11-12,21H,2-3,10H2,1H3;1-4H2. The van der Waals surface area contributed by atoms with Crippen molar-refractivity contribution >= 4 is 11.0 Å². The molecule has 2 heterocycles. The van der Waals surface area contributed by atoms with Crippen LogP contribution in [0.5, 0.6) is 5.75 Å². The fourth-order valence-corrected chi connectivity index (χ4v) is 2.65. The first-order chi connectivity index (χ1) is 12.7. The number of aromatic nitrogens is 2. The minimum Gasteiger partial charge on any atom is -0.507 e. The van der Waals surface area contributed by atoms with Gasteiger partial charge in [-0.3, -0.25) is 9.36 Å². The Balaban J connectivity index is 0.000000552. The summed E-state index contributed by atoms with van der Waals surface area (Å²) in [5, 5.41) is 11.1. The van der Waals surface area contributed by atoms with Crippen molar-refractivity contribution in [2.24, 2.45) is 11.5 Å². The van der Waals surface area contributed by atoms with Crippen LogP contribution in [-0.4, -0.2) is 27.7 Å². The topological polar surface area (TPSA) is 107 Å². The Kier molecular flexibility index (Phi) is 7.32. The monoisotopic (exact) mass is 354 g/mol. The quantitative estimate of drug-likeness (QED) is 0.652. The zero-order chi connectivity index (χ0) is 18.9. The van der Waals surface area contributed by atoms with E-state index in [-0.39, 0.29) is 11.3 Å². The number of aromatic hydroxyl groups is 1. The van der Waals surface area contributed by atoms with E-state index in [2.05, 4.69) is 11.9 Å². The van der Waals surface area contributed by atoms with E-state index in [1.54, 1.807) is 22.9 Å². The molecule has 0 aliphatic carbocycles. The van der Waals surface area contributed by atoms with E-state index in [4.69, 9.17) is 11.5 Å². The highest BCUT2D eigenvalue weighted by Gasteiger charge is 2.17. The van der Waals surface area contributed by atoms with Gasteiger partial charge in [0.05, 0.1) is 16.6 Å². The highest BCUT2D eigenvalue weighted by Crippen LogP contribution is 2.27. The number of hydrogen-bond acceptors (Lipinski definition) is 5. The molecule has 3 rings (SSSR count). The predicted molar refractivity (Wildman–Crippen MR) is 106 cm³/mol. The molecule has 3 aromatic rings. The first-order valence-corrected chi connectivity index (χ1v) is 8.82. The normalized spacial score (nSPS) is 10.4. The molecule has 0 aliphatic rings. The number of nitrogens with two attached hydrogens (primary N) is 2. The molecule has 0 amide bonds. The molecule has 2 aromatic heterocycles. The Morgan fingerprint density at radius 2 is 1.77 bits per heavy atom. The molecule has 6 heteroatoms. The lowest BCUT2D eigenvalue weighted by Crippen LogP contribution is -2.23. The maximum absolute atomic E-state index is 12.9. The Morgan fingerprint density at radius 1 is 1.08 bits per heavy atom. The largest absolute Gasteiger partial charge is 0.507 e. The van der Waals surface area contributed by atoms with Gasteiger partial charge in [-0.2, -0.15) is 0 Å². The smallest absolute Gasteiger partial charge is 0.263 e. The van der Waals surface area contributed by atoms with Gasteiger partial charge in [0.2, 0.25) is 0 Å². The van der Waals surface area contributed by atoms with Gasteiger partial charge in [0.25, 0.3) is 5.56 Å². The van der Waals surface area contributed by atoms with Crippen LogP contribution in [0, 0.1) is 0 Å². The van der Waals surface area contributed by atoms with Crippen LogP contribution in [0.3, 0.4) is 0 Å². The van der Waals surface area contributed by atoms with Crippen molar-refractivity contribution in [2.75, 3.05) is 13.1 Å². The van der Waals surface area contributed by atoms with Gasteiger partial charge < -0.3 is 16.6 Å². The van der Waals surface area contributed by atoms with Crippen LogP contribution in [0.25, 0.3) is 16.7 Å². The van der Waals surface area contributed by atoms with Gasteiger partial charge in [-0.05, 0) is 37.1 Å². The Labute approximate surface area is 153 Å². The third-order valence-electron chi connectivity index (χ3n) is 3.96. The molecule has 0 bridgehead atoms. The third-order valence-corrected chi connectivity index (χ3v) is 3.96. The van der Waals surface area contributed by atoms with Gasteiger partial charge in [-0.1, -0.05) is 31.5 Å². The number of pyridine rings is 2. The molecule has 0 atom stereocenters. The molecule has 0 aliphatic heterocycles. The highest BCUT2D eigenvalue weighted by atomic mass is 16.3. The molecule has 26 heavy (non-hydrogen) atoms. The van der Waals surface area contributed by atoms with E-state index in [0.717, 1.165) is 18.5 Å². The first kappa shape index (κ1) is 19.6. The molecule has 0 fully saturated rings. The van der Waals surface area contributed by atoms with Crippen molar-refractivity contribution in [2.45, 2.75) is 26.2 Å². The van der Waals surface area contributed by atoms with Crippen LogP contribution >= 0.6 is 0 Å². The molecule has 0 saturated heterocycles. The Bertz CT molecular complexity index is 889. The molecule has 0 unspecified atom stereocenters. The zero-order valence-electron chi connectivity index (χ0n) is 15.1. The highest BCUT2D eigenvalue weighted by molar-refractivity contribution is 5.84. The number of rotatable bonds is 5. The van der Waals surface area contributed by atoms with Gasteiger partial charge >= 0.3 is 0 Å². The second kappa shape index (κ2) is 9.70. The summed E-state index contributed by atoms with van der Waals surface area (Å²) >= 11 is 0. The summed E-state index contributed by atoms with van der Waals surface area (Å²) in [7, 11) is 0. The van der Waals surface area contributed by atoms with Gasteiger partial charge in [0.1, 0.15) is 5.75 Å². The Hall–Kier alpha value is -2.70. The molecule has 5 N–H and O–H groups in total. The van der Waals surface area contributed by atoms with Crippen molar-refractivity contribution in [1.29, 1.82) is 0 Å². The van der Waals surface area contributed by atoms with Gasteiger partial charge in [0, 0.05) is 19.3 Å².